The fourth-order valence-corrected chi connectivity index (χ4v) is 1.87. The minimum atomic E-state index is -0.00875. The highest BCUT2D eigenvalue weighted by atomic mass is 16.1. The number of benzene rings is 2. The van der Waals surface area contributed by atoms with Crippen molar-refractivity contribution in [2.24, 2.45) is 5.73 Å². The van der Waals surface area contributed by atoms with Gasteiger partial charge in [0.05, 0.1) is 6.42 Å². The first-order valence-electron chi connectivity index (χ1n) is 6.15. The van der Waals surface area contributed by atoms with Crippen molar-refractivity contribution in [3.8, 4) is 0 Å². The zero-order valence-electron chi connectivity index (χ0n) is 10.5. The molecule has 0 aliphatic carbocycles. The Morgan fingerprint density at radius 1 is 1.22 bits per heavy atom. The second kappa shape index (κ2) is 5.65. The first-order chi connectivity index (χ1) is 8.65. The SMILES string of the molecule is CC(N)CNC(=O)Cc1ccc2ccccc2c1. The molecule has 94 valence electrons. The number of carbonyl (C=O) groups is 1. The maximum atomic E-state index is 11.7. The molecule has 2 aromatic carbocycles. The summed E-state index contributed by atoms with van der Waals surface area (Å²) >= 11 is 0. The monoisotopic (exact) mass is 242 g/mol. The number of fused-ring (bicyclic) bond motifs is 1. The second-order valence-electron chi connectivity index (χ2n) is 4.64. The summed E-state index contributed by atoms with van der Waals surface area (Å²) in [7, 11) is 0. The third-order valence-corrected chi connectivity index (χ3v) is 2.80. The molecule has 0 aliphatic rings. The molecule has 18 heavy (non-hydrogen) atoms. The van der Waals surface area contributed by atoms with Crippen LogP contribution in [0.1, 0.15) is 12.5 Å². The van der Waals surface area contributed by atoms with Gasteiger partial charge in [0.15, 0.2) is 0 Å². The molecule has 0 saturated heterocycles. The molecule has 0 spiro atoms. The van der Waals surface area contributed by atoms with Crippen molar-refractivity contribution >= 4 is 16.7 Å². The standard InChI is InChI=1S/C15H18N2O/c1-11(16)10-17-15(18)9-12-6-7-13-4-2-3-5-14(13)8-12/h2-8,11H,9-10,16H2,1H3,(H,17,18). The van der Waals surface area contributed by atoms with Crippen LogP contribution in [0.5, 0.6) is 0 Å². The van der Waals surface area contributed by atoms with Gasteiger partial charge in [-0.05, 0) is 23.3 Å². The largest absolute Gasteiger partial charge is 0.354 e. The predicted molar refractivity (Wildman–Crippen MR) is 74.3 cm³/mol. The quantitative estimate of drug-likeness (QED) is 0.859. The van der Waals surface area contributed by atoms with Gasteiger partial charge in [0, 0.05) is 12.6 Å². The van der Waals surface area contributed by atoms with Crippen molar-refractivity contribution in [2.75, 3.05) is 6.54 Å². The molecule has 1 atom stereocenters. The van der Waals surface area contributed by atoms with E-state index in [-0.39, 0.29) is 11.9 Å². The topological polar surface area (TPSA) is 55.1 Å². The van der Waals surface area contributed by atoms with Crippen LogP contribution in [0.15, 0.2) is 42.5 Å². The zero-order chi connectivity index (χ0) is 13.0. The fraction of sp³-hybridized carbons (Fsp3) is 0.267. The average molecular weight is 242 g/mol. The highest BCUT2D eigenvalue weighted by Crippen LogP contribution is 2.15. The molecule has 0 saturated carbocycles. The Kier molecular flexibility index (Phi) is 3.95. The van der Waals surface area contributed by atoms with E-state index in [4.69, 9.17) is 5.73 Å². The summed E-state index contributed by atoms with van der Waals surface area (Å²) < 4.78 is 0. The first kappa shape index (κ1) is 12.6. The van der Waals surface area contributed by atoms with Gasteiger partial charge in [0.2, 0.25) is 5.91 Å². The van der Waals surface area contributed by atoms with Gasteiger partial charge in [0.1, 0.15) is 0 Å². The number of carbonyl (C=O) groups excluding carboxylic acids is 1. The molecule has 0 aromatic heterocycles. The Morgan fingerprint density at radius 2 is 1.94 bits per heavy atom. The molecule has 0 bridgehead atoms. The number of nitrogens with two attached hydrogens (primary N) is 1. The van der Waals surface area contributed by atoms with Crippen molar-refractivity contribution < 1.29 is 4.79 Å². The molecule has 3 heteroatoms. The van der Waals surface area contributed by atoms with Gasteiger partial charge in [-0.3, -0.25) is 4.79 Å². The summed E-state index contributed by atoms with van der Waals surface area (Å²) in [6, 6.07) is 14.2. The highest BCUT2D eigenvalue weighted by molar-refractivity contribution is 5.85. The summed E-state index contributed by atoms with van der Waals surface area (Å²) in [5.41, 5.74) is 6.62. The minimum absolute atomic E-state index is 0.00875. The minimum Gasteiger partial charge on any atom is -0.354 e. The number of hydrogen-bond donors (Lipinski definition) is 2. The van der Waals surface area contributed by atoms with Crippen molar-refractivity contribution in [3.05, 3.63) is 48.0 Å². The van der Waals surface area contributed by atoms with Crippen molar-refractivity contribution in [3.63, 3.8) is 0 Å². The van der Waals surface area contributed by atoms with Crippen LogP contribution in [0.2, 0.25) is 0 Å². The van der Waals surface area contributed by atoms with Crippen LogP contribution in [0, 0.1) is 0 Å². The lowest BCUT2D eigenvalue weighted by Gasteiger charge is -2.08. The van der Waals surface area contributed by atoms with Crippen LogP contribution >= 0.6 is 0 Å². The smallest absolute Gasteiger partial charge is 0.224 e. The molecule has 3 N–H and O–H groups in total. The summed E-state index contributed by atoms with van der Waals surface area (Å²) in [6.45, 7) is 2.39. The summed E-state index contributed by atoms with van der Waals surface area (Å²) in [5.74, 6) is 0.0163. The van der Waals surface area contributed by atoms with E-state index < -0.39 is 0 Å². The zero-order valence-corrected chi connectivity index (χ0v) is 10.5. The summed E-state index contributed by atoms with van der Waals surface area (Å²) in [4.78, 5) is 11.7. The van der Waals surface area contributed by atoms with Crippen LogP contribution in [0.4, 0.5) is 0 Å². The molecule has 1 unspecified atom stereocenters. The van der Waals surface area contributed by atoms with Gasteiger partial charge >= 0.3 is 0 Å². The van der Waals surface area contributed by atoms with Gasteiger partial charge in [-0.25, -0.2) is 0 Å². The molecule has 2 rings (SSSR count). The Bertz CT molecular complexity index is 549. The van der Waals surface area contributed by atoms with Crippen LogP contribution < -0.4 is 11.1 Å². The van der Waals surface area contributed by atoms with Crippen LogP contribution in [0.25, 0.3) is 10.8 Å². The highest BCUT2D eigenvalue weighted by Gasteiger charge is 2.04. The van der Waals surface area contributed by atoms with Crippen molar-refractivity contribution in [1.29, 1.82) is 0 Å². The van der Waals surface area contributed by atoms with Crippen LogP contribution in [-0.4, -0.2) is 18.5 Å². The Hall–Kier alpha value is -1.87. The van der Waals surface area contributed by atoms with Crippen LogP contribution in [-0.2, 0) is 11.2 Å². The molecule has 3 nitrogen and oxygen atoms in total. The molecule has 0 heterocycles. The lowest BCUT2D eigenvalue weighted by molar-refractivity contribution is -0.120. The normalized spacial score (nSPS) is 12.3. The maximum Gasteiger partial charge on any atom is 0.224 e. The third kappa shape index (κ3) is 3.31. The third-order valence-electron chi connectivity index (χ3n) is 2.80. The first-order valence-corrected chi connectivity index (χ1v) is 6.15. The molecule has 1 amide bonds. The molecule has 0 radical (unpaired) electrons. The molecular weight excluding hydrogens is 224 g/mol. The van der Waals surface area contributed by atoms with Crippen molar-refractivity contribution in [1.82, 2.24) is 5.32 Å². The summed E-state index contributed by atoms with van der Waals surface area (Å²) in [6.07, 6.45) is 0.400. The van der Waals surface area contributed by atoms with Gasteiger partial charge < -0.3 is 11.1 Å². The molecule has 0 aliphatic heterocycles. The van der Waals surface area contributed by atoms with E-state index in [0.717, 1.165) is 10.9 Å². The fourth-order valence-electron chi connectivity index (χ4n) is 1.87. The van der Waals surface area contributed by atoms with Gasteiger partial charge in [-0.2, -0.15) is 0 Å². The van der Waals surface area contributed by atoms with E-state index >= 15 is 0 Å². The Labute approximate surface area is 107 Å². The number of amides is 1. The Morgan fingerprint density at radius 3 is 2.67 bits per heavy atom. The van der Waals surface area contributed by atoms with E-state index in [2.05, 4.69) is 23.5 Å². The number of rotatable bonds is 4. The van der Waals surface area contributed by atoms with Gasteiger partial charge in [-0.15, -0.1) is 0 Å². The lowest BCUT2D eigenvalue weighted by atomic mass is 10.0. The number of hydrogen-bond acceptors (Lipinski definition) is 2. The summed E-state index contributed by atoms with van der Waals surface area (Å²) in [5, 5.41) is 5.17. The Balaban J connectivity index is 2.05. The molecule has 2 aromatic rings. The van der Waals surface area contributed by atoms with E-state index in [1.54, 1.807) is 0 Å². The predicted octanol–water partition coefficient (Wildman–Crippen LogP) is 1.85. The maximum absolute atomic E-state index is 11.7. The molecule has 0 fully saturated rings. The second-order valence-corrected chi connectivity index (χ2v) is 4.64. The van der Waals surface area contributed by atoms with Gasteiger partial charge in [0.25, 0.3) is 0 Å². The van der Waals surface area contributed by atoms with E-state index in [9.17, 15) is 4.79 Å². The van der Waals surface area contributed by atoms with Crippen LogP contribution in [0.3, 0.4) is 0 Å². The number of nitrogens with one attached hydrogen (secondary N) is 1. The van der Waals surface area contributed by atoms with Gasteiger partial charge in [-0.1, -0.05) is 42.5 Å². The van der Waals surface area contributed by atoms with E-state index in [1.165, 1.54) is 5.39 Å². The lowest BCUT2D eigenvalue weighted by Crippen LogP contribution is -2.35. The van der Waals surface area contributed by atoms with Crippen molar-refractivity contribution in [2.45, 2.75) is 19.4 Å². The average Bonchev–Trinajstić information content (AvgIpc) is 2.36. The van der Waals surface area contributed by atoms with E-state index in [1.807, 2.05) is 31.2 Å². The van der Waals surface area contributed by atoms with E-state index in [0.29, 0.717) is 13.0 Å². The molecular formula is C15H18N2O.